The van der Waals surface area contributed by atoms with Crippen molar-refractivity contribution in [2.75, 3.05) is 26.2 Å². The molecule has 0 unspecified atom stereocenters. The van der Waals surface area contributed by atoms with Crippen LogP contribution in [0.25, 0.3) is 10.2 Å². The largest absolute Gasteiger partial charge is 0.484 e. The summed E-state index contributed by atoms with van der Waals surface area (Å²) in [5.74, 6) is 1.06. The van der Waals surface area contributed by atoms with E-state index in [-0.39, 0.29) is 12.5 Å². The van der Waals surface area contributed by atoms with E-state index in [1.54, 1.807) is 11.3 Å². The van der Waals surface area contributed by atoms with E-state index in [9.17, 15) is 4.79 Å². The molecular weight excluding hydrogens is 376 g/mol. The molecule has 0 aliphatic carbocycles. The zero-order valence-corrected chi connectivity index (χ0v) is 16.6. The maximum atomic E-state index is 12.8. The van der Waals surface area contributed by atoms with Crippen molar-refractivity contribution in [1.29, 1.82) is 0 Å². The van der Waals surface area contributed by atoms with Gasteiger partial charge in [-0.1, -0.05) is 0 Å². The van der Waals surface area contributed by atoms with Gasteiger partial charge in [-0.3, -0.25) is 9.69 Å². The number of carbonyl (C=O) groups excluding carboxylic acids is 1. The molecule has 1 amide bonds. The summed E-state index contributed by atoms with van der Waals surface area (Å²) in [6.07, 6.45) is 3.84. The minimum absolute atomic E-state index is 0.0547. The van der Waals surface area contributed by atoms with Gasteiger partial charge in [0.05, 0.1) is 15.2 Å². The summed E-state index contributed by atoms with van der Waals surface area (Å²) in [7, 11) is 0. The van der Waals surface area contributed by atoms with Crippen molar-refractivity contribution in [3.05, 3.63) is 41.1 Å². The number of hydrogen-bond acceptors (Lipinski definition) is 7. The van der Waals surface area contributed by atoms with Crippen molar-refractivity contribution >= 4 is 27.5 Å². The molecule has 3 aromatic rings. The Morgan fingerprint density at radius 3 is 3.18 bits per heavy atom. The number of benzene rings is 1. The summed E-state index contributed by atoms with van der Waals surface area (Å²) in [6.45, 7) is 5.81. The molecule has 1 atom stereocenters. The molecule has 1 aromatic carbocycles. The number of carbonyl (C=O) groups is 1. The number of piperazine rings is 1. The van der Waals surface area contributed by atoms with E-state index in [0.717, 1.165) is 41.4 Å². The summed E-state index contributed by atoms with van der Waals surface area (Å²) < 4.78 is 12.4. The van der Waals surface area contributed by atoms with E-state index in [1.165, 1.54) is 19.1 Å². The highest BCUT2D eigenvalue weighted by Gasteiger charge is 2.33. The van der Waals surface area contributed by atoms with Crippen molar-refractivity contribution in [2.24, 2.45) is 0 Å². The summed E-state index contributed by atoms with van der Waals surface area (Å²) in [4.78, 5) is 26.0. The van der Waals surface area contributed by atoms with Gasteiger partial charge in [0.1, 0.15) is 12.0 Å². The molecule has 4 heterocycles. The van der Waals surface area contributed by atoms with Gasteiger partial charge in [-0.25, -0.2) is 9.97 Å². The lowest BCUT2D eigenvalue weighted by Gasteiger charge is -2.37. The Balaban J connectivity index is 1.22. The van der Waals surface area contributed by atoms with Crippen LogP contribution in [0.1, 0.15) is 34.2 Å². The number of thiazole rings is 1. The van der Waals surface area contributed by atoms with Gasteiger partial charge in [0.15, 0.2) is 12.3 Å². The fourth-order valence-electron chi connectivity index (χ4n) is 4.07. The Morgan fingerprint density at radius 2 is 2.25 bits per heavy atom. The third-order valence-corrected chi connectivity index (χ3v) is 6.43. The number of hydrogen-bond donors (Lipinski definition) is 0. The van der Waals surface area contributed by atoms with Crippen LogP contribution < -0.4 is 4.74 Å². The monoisotopic (exact) mass is 398 g/mol. The number of aryl methyl sites for hydroxylation is 1. The first-order chi connectivity index (χ1) is 13.7. The van der Waals surface area contributed by atoms with Crippen molar-refractivity contribution in [1.82, 2.24) is 19.8 Å². The average Bonchev–Trinajstić information content (AvgIpc) is 3.43. The number of nitrogens with zero attached hydrogens (tertiary/aromatic N) is 4. The van der Waals surface area contributed by atoms with E-state index in [2.05, 4.69) is 14.9 Å². The SMILES string of the molecule is Cc1nc2cc(OCc3nc(C(=O)N4CCN5CCC[C@@H]5C4)co3)ccc2s1. The van der Waals surface area contributed by atoms with Crippen LogP contribution in [-0.2, 0) is 6.61 Å². The molecule has 2 aromatic heterocycles. The summed E-state index contributed by atoms with van der Waals surface area (Å²) in [5.41, 5.74) is 1.28. The summed E-state index contributed by atoms with van der Waals surface area (Å²) >= 11 is 1.66. The molecule has 0 radical (unpaired) electrons. The van der Waals surface area contributed by atoms with E-state index in [0.29, 0.717) is 23.4 Å². The van der Waals surface area contributed by atoms with E-state index in [1.807, 2.05) is 30.0 Å². The van der Waals surface area contributed by atoms with Gasteiger partial charge in [0, 0.05) is 31.7 Å². The highest BCUT2D eigenvalue weighted by molar-refractivity contribution is 7.18. The van der Waals surface area contributed by atoms with Crippen LogP contribution in [0.5, 0.6) is 5.75 Å². The third kappa shape index (κ3) is 3.38. The Hall–Kier alpha value is -2.45. The number of rotatable bonds is 4. The first-order valence-electron chi connectivity index (χ1n) is 9.63. The molecule has 5 rings (SSSR count). The van der Waals surface area contributed by atoms with Gasteiger partial charge in [0.2, 0.25) is 5.89 Å². The lowest BCUT2D eigenvalue weighted by molar-refractivity contribution is 0.0565. The van der Waals surface area contributed by atoms with Crippen LogP contribution >= 0.6 is 11.3 Å². The predicted octanol–water partition coefficient (Wildman–Crippen LogP) is 3.09. The molecule has 0 saturated carbocycles. The summed E-state index contributed by atoms with van der Waals surface area (Å²) in [6, 6.07) is 6.32. The predicted molar refractivity (Wildman–Crippen MR) is 106 cm³/mol. The number of oxazole rings is 1. The van der Waals surface area contributed by atoms with Crippen molar-refractivity contribution in [2.45, 2.75) is 32.4 Å². The first-order valence-corrected chi connectivity index (χ1v) is 10.4. The van der Waals surface area contributed by atoms with Crippen LogP contribution in [0, 0.1) is 6.92 Å². The average molecular weight is 398 g/mol. The molecular formula is C20H22N4O3S. The minimum Gasteiger partial charge on any atom is -0.484 e. The highest BCUT2D eigenvalue weighted by atomic mass is 32.1. The molecule has 146 valence electrons. The highest BCUT2D eigenvalue weighted by Crippen LogP contribution is 2.26. The maximum absolute atomic E-state index is 12.8. The molecule has 2 aliphatic heterocycles. The van der Waals surface area contributed by atoms with Crippen LogP contribution in [0.2, 0.25) is 0 Å². The molecule has 2 saturated heterocycles. The van der Waals surface area contributed by atoms with Gasteiger partial charge in [-0.05, 0) is 38.4 Å². The number of ether oxygens (including phenoxy) is 1. The second kappa shape index (κ2) is 7.18. The fraction of sp³-hybridized carbons (Fsp3) is 0.450. The van der Waals surface area contributed by atoms with Crippen LogP contribution in [0.15, 0.2) is 28.9 Å². The van der Waals surface area contributed by atoms with Gasteiger partial charge in [0.25, 0.3) is 5.91 Å². The van der Waals surface area contributed by atoms with Crippen molar-refractivity contribution in [3.8, 4) is 5.75 Å². The molecule has 28 heavy (non-hydrogen) atoms. The molecule has 8 heteroatoms. The van der Waals surface area contributed by atoms with Gasteiger partial charge >= 0.3 is 0 Å². The lowest BCUT2D eigenvalue weighted by atomic mass is 10.1. The smallest absolute Gasteiger partial charge is 0.275 e. The quantitative estimate of drug-likeness (QED) is 0.673. The topological polar surface area (TPSA) is 71.7 Å². The number of aromatic nitrogens is 2. The fourth-order valence-corrected chi connectivity index (χ4v) is 4.88. The second-order valence-electron chi connectivity index (χ2n) is 7.36. The minimum atomic E-state index is -0.0547. The molecule has 0 N–H and O–H groups in total. The van der Waals surface area contributed by atoms with Gasteiger partial charge in [-0.15, -0.1) is 11.3 Å². The zero-order valence-electron chi connectivity index (χ0n) is 15.8. The van der Waals surface area contributed by atoms with Crippen molar-refractivity contribution in [3.63, 3.8) is 0 Å². The van der Waals surface area contributed by atoms with Gasteiger partial charge in [-0.2, -0.15) is 0 Å². The van der Waals surface area contributed by atoms with Crippen LogP contribution in [-0.4, -0.2) is 57.9 Å². The molecule has 2 aliphatic rings. The van der Waals surface area contributed by atoms with Crippen LogP contribution in [0.4, 0.5) is 0 Å². The Bertz CT molecular complexity index is 1010. The number of amides is 1. The van der Waals surface area contributed by atoms with Crippen LogP contribution in [0.3, 0.4) is 0 Å². The van der Waals surface area contributed by atoms with E-state index >= 15 is 0 Å². The Kier molecular flexibility index (Phi) is 4.52. The molecule has 0 bridgehead atoms. The molecule has 0 spiro atoms. The lowest BCUT2D eigenvalue weighted by Crippen LogP contribution is -2.52. The normalized spacial score (nSPS) is 19.9. The molecule has 7 nitrogen and oxygen atoms in total. The third-order valence-electron chi connectivity index (χ3n) is 5.47. The van der Waals surface area contributed by atoms with E-state index in [4.69, 9.17) is 9.15 Å². The van der Waals surface area contributed by atoms with Gasteiger partial charge < -0.3 is 14.1 Å². The standard InChI is InChI=1S/C20H22N4O3S/c1-13-21-16-9-15(4-5-18(16)28-13)26-12-19-22-17(11-27-19)20(25)24-8-7-23-6-2-3-14(23)10-24/h4-5,9,11,14H,2-3,6-8,10,12H2,1H3/t14-/m1/s1. The summed E-state index contributed by atoms with van der Waals surface area (Å²) in [5, 5.41) is 1.03. The first kappa shape index (κ1) is 17.6. The maximum Gasteiger partial charge on any atom is 0.275 e. The molecule has 2 fully saturated rings. The van der Waals surface area contributed by atoms with E-state index < -0.39 is 0 Å². The Labute approximate surface area is 166 Å². The Morgan fingerprint density at radius 1 is 1.32 bits per heavy atom. The zero-order chi connectivity index (χ0) is 19.1. The van der Waals surface area contributed by atoms with Crippen molar-refractivity contribution < 1.29 is 13.9 Å². The second-order valence-corrected chi connectivity index (χ2v) is 8.60. The number of fused-ring (bicyclic) bond motifs is 2.